The van der Waals surface area contributed by atoms with Gasteiger partial charge in [-0.25, -0.2) is 9.59 Å². The largest absolute Gasteiger partial charge is 0.444 e. The van der Waals surface area contributed by atoms with E-state index in [0.29, 0.717) is 25.0 Å². The molecule has 1 aromatic heterocycles. The molecule has 0 saturated carbocycles. The summed E-state index contributed by atoms with van der Waals surface area (Å²) in [6.45, 7) is 10.6. The van der Waals surface area contributed by atoms with Gasteiger partial charge in [0.25, 0.3) is 0 Å². The van der Waals surface area contributed by atoms with Crippen LogP contribution in [0.4, 0.5) is 4.79 Å². The molecule has 0 aliphatic carbocycles. The number of carbonyl (C=O) groups excluding carboxylic acids is 3. The number of imidazole rings is 1. The van der Waals surface area contributed by atoms with Crippen LogP contribution < -0.4 is 11.0 Å². The van der Waals surface area contributed by atoms with E-state index in [9.17, 15) is 19.2 Å². The Morgan fingerprint density at radius 3 is 2.54 bits per heavy atom. The number of piperidine rings is 1. The highest BCUT2D eigenvalue weighted by Gasteiger charge is 2.32. The molecule has 2 aromatic rings. The van der Waals surface area contributed by atoms with Crippen molar-refractivity contribution >= 4 is 28.9 Å². The van der Waals surface area contributed by atoms with Crippen molar-refractivity contribution in [2.45, 2.75) is 64.6 Å². The summed E-state index contributed by atoms with van der Waals surface area (Å²) in [4.78, 5) is 53.4. The number of carbonyl (C=O) groups is 3. The number of rotatable bonds is 4. The van der Waals surface area contributed by atoms with Gasteiger partial charge in [-0.15, -0.1) is 0 Å². The van der Waals surface area contributed by atoms with E-state index in [4.69, 9.17) is 4.74 Å². The minimum absolute atomic E-state index is 0.206. The zero-order valence-corrected chi connectivity index (χ0v) is 21.2. The van der Waals surface area contributed by atoms with E-state index in [-0.39, 0.29) is 30.2 Å². The molecule has 0 bridgehead atoms. The van der Waals surface area contributed by atoms with Crippen molar-refractivity contribution in [3.05, 3.63) is 34.2 Å². The molecule has 190 valence electrons. The van der Waals surface area contributed by atoms with Crippen LogP contribution in [0.2, 0.25) is 0 Å². The molecule has 2 saturated heterocycles. The Morgan fingerprint density at radius 2 is 1.89 bits per heavy atom. The van der Waals surface area contributed by atoms with Gasteiger partial charge in [-0.1, -0.05) is 6.07 Å². The second kappa shape index (κ2) is 9.49. The number of aromatic nitrogens is 2. The first-order chi connectivity index (χ1) is 16.4. The maximum atomic E-state index is 13.0. The predicted octanol–water partition coefficient (Wildman–Crippen LogP) is 1.80. The lowest BCUT2D eigenvalue weighted by Crippen LogP contribution is -2.54. The third kappa shape index (κ3) is 5.27. The Balaban J connectivity index is 1.43. The monoisotopic (exact) mass is 485 g/mol. The zero-order chi connectivity index (χ0) is 25.5. The van der Waals surface area contributed by atoms with E-state index in [1.165, 1.54) is 4.57 Å². The van der Waals surface area contributed by atoms with Crippen LogP contribution in [0.1, 0.15) is 52.1 Å². The number of fused-ring (bicyclic) bond motifs is 1. The number of hydrogen-bond donors (Lipinski definition) is 1. The van der Waals surface area contributed by atoms with Crippen LogP contribution in [0.5, 0.6) is 0 Å². The van der Waals surface area contributed by atoms with E-state index in [1.807, 2.05) is 39.0 Å². The average molecular weight is 486 g/mol. The second-order valence-corrected chi connectivity index (χ2v) is 10.6. The number of hydrogen-bond acceptors (Lipinski definition) is 6. The van der Waals surface area contributed by atoms with Gasteiger partial charge in [0, 0.05) is 45.7 Å². The van der Waals surface area contributed by atoms with Crippen molar-refractivity contribution in [3.63, 3.8) is 0 Å². The standard InChI is InChI=1S/C25H35N5O5/c1-16-15-29(24(34)35-25(2,3)4)13-12-28(16)11-10-17-6-7-18-20(14-17)27(5)23(33)30(18)19-8-9-21(31)26-22(19)32/h6-7,14,16,19H,8-13,15H2,1-5H3,(H,26,31,32)/t16-,19?/m1/s1. The van der Waals surface area contributed by atoms with Crippen molar-refractivity contribution in [3.8, 4) is 0 Å². The van der Waals surface area contributed by atoms with Gasteiger partial charge in [0.15, 0.2) is 0 Å². The van der Waals surface area contributed by atoms with Gasteiger partial charge >= 0.3 is 11.8 Å². The molecule has 2 fully saturated rings. The Labute approximate surface area is 204 Å². The van der Waals surface area contributed by atoms with Crippen LogP contribution in [-0.4, -0.2) is 74.7 Å². The Bertz CT molecular complexity index is 1210. The molecule has 3 heterocycles. The van der Waals surface area contributed by atoms with Crippen LogP contribution >= 0.6 is 0 Å². The number of nitrogens with zero attached hydrogens (tertiary/aromatic N) is 4. The van der Waals surface area contributed by atoms with Crippen molar-refractivity contribution in [1.29, 1.82) is 0 Å². The summed E-state index contributed by atoms with van der Waals surface area (Å²) in [5.74, 6) is -0.734. The Hall–Kier alpha value is -3.14. The molecule has 4 rings (SSSR count). The molecule has 1 unspecified atom stereocenters. The number of amides is 3. The van der Waals surface area contributed by atoms with Crippen LogP contribution in [0.3, 0.4) is 0 Å². The van der Waals surface area contributed by atoms with E-state index in [1.54, 1.807) is 16.5 Å². The first kappa shape index (κ1) is 25.0. The summed E-state index contributed by atoms with van der Waals surface area (Å²) in [5, 5.41) is 2.34. The number of benzene rings is 1. The summed E-state index contributed by atoms with van der Waals surface area (Å²) in [6, 6.07) is 5.40. The second-order valence-electron chi connectivity index (χ2n) is 10.6. The van der Waals surface area contributed by atoms with Crippen molar-refractivity contribution in [1.82, 2.24) is 24.3 Å². The van der Waals surface area contributed by atoms with Crippen LogP contribution in [0.25, 0.3) is 11.0 Å². The average Bonchev–Trinajstić information content (AvgIpc) is 3.02. The first-order valence-corrected chi connectivity index (χ1v) is 12.2. The topological polar surface area (TPSA) is 106 Å². The number of piperazine rings is 1. The fraction of sp³-hybridized carbons (Fsp3) is 0.600. The molecule has 3 amide bonds. The normalized spacial score (nSPS) is 21.9. The van der Waals surface area contributed by atoms with Crippen molar-refractivity contribution in [2.75, 3.05) is 26.2 Å². The minimum Gasteiger partial charge on any atom is -0.444 e. The summed E-state index contributed by atoms with van der Waals surface area (Å²) >= 11 is 0. The molecule has 10 nitrogen and oxygen atoms in total. The van der Waals surface area contributed by atoms with E-state index < -0.39 is 17.6 Å². The highest BCUT2D eigenvalue weighted by molar-refractivity contribution is 6.00. The molecule has 2 atom stereocenters. The molecule has 10 heteroatoms. The summed E-state index contributed by atoms with van der Waals surface area (Å²) in [6.07, 6.45) is 1.07. The Morgan fingerprint density at radius 1 is 1.14 bits per heavy atom. The van der Waals surface area contributed by atoms with Crippen LogP contribution in [-0.2, 0) is 27.8 Å². The molecule has 2 aliphatic rings. The van der Waals surface area contributed by atoms with Gasteiger partial charge in [-0.3, -0.25) is 28.9 Å². The van der Waals surface area contributed by atoms with Gasteiger partial charge in [0.05, 0.1) is 11.0 Å². The van der Waals surface area contributed by atoms with Gasteiger partial charge in [-0.2, -0.15) is 0 Å². The maximum Gasteiger partial charge on any atom is 0.410 e. The summed E-state index contributed by atoms with van der Waals surface area (Å²) in [7, 11) is 1.70. The molecular formula is C25H35N5O5. The third-order valence-electron chi connectivity index (χ3n) is 6.78. The lowest BCUT2D eigenvalue weighted by molar-refractivity contribution is -0.135. The number of ether oxygens (including phenoxy) is 1. The molecule has 0 radical (unpaired) electrons. The third-order valence-corrected chi connectivity index (χ3v) is 6.78. The van der Waals surface area contributed by atoms with Crippen LogP contribution in [0.15, 0.2) is 23.0 Å². The maximum absolute atomic E-state index is 13.0. The number of imide groups is 1. The first-order valence-electron chi connectivity index (χ1n) is 12.2. The van der Waals surface area contributed by atoms with E-state index >= 15 is 0 Å². The van der Waals surface area contributed by atoms with E-state index in [0.717, 1.165) is 30.6 Å². The van der Waals surface area contributed by atoms with Gasteiger partial charge in [-0.05, 0) is 58.2 Å². The minimum atomic E-state index is -0.683. The van der Waals surface area contributed by atoms with Crippen LogP contribution in [0, 0.1) is 0 Å². The molecule has 2 aliphatic heterocycles. The predicted molar refractivity (Wildman–Crippen MR) is 131 cm³/mol. The quantitative estimate of drug-likeness (QED) is 0.662. The summed E-state index contributed by atoms with van der Waals surface area (Å²) < 4.78 is 8.57. The fourth-order valence-electron chi connectivity index (χ4n) is 4.89. The molecule has 1 N–H and O–H groups in total. The summed E-state index contributed by atoms with van der Waals surface area (Å²) in [5.41, 5.74) is 1.77. The molecule has 0 spiro atoms. The zero-order valence-electron chi connectivity index (χ0n) is 21.2. The van der Waals surface area contributed by atoms with Crippen molar-refractivity contribution in [2.24, 2.45) is 7.05 Å². The smallest absolute Gasteiger partial charge is 0.410 e. The van der Waals surface area contributed by atoms with Gasteiger partial charge in [0.1, 0.15) is 11.6 Å². The highest BCUT2D eigenvalue weighted by Crippen LogP contribution is 2.24. The molecule has 1 aromatic carbocycles. The van der Waals surface area contributed by atoms with Gasteiger partial charge in [0.2, 0.25) is 11.8 Å². The Kier molecular flexibility index (Phi) is 6.77. The van der Waals surface area contributed by atoms with Crippen molar-refractivity contribution < 1.29 is 19.1 Å². The molecular weight excluding hydrogens is 450 g/mol. The lowest BCUT2D eigenvalue weighted by Gasteiger charge is -2.40. The highest BCUT2D eigenvalue weighted by atomic mass is 16.6. The number of aryl methyl sites for hydroxylation is 1. The van der Waals surface area contributed by atoms with E-state index in [2.05, 4.69) is 17.1 Å². The SMILES string of the molecule is C[C@@H]1CN(C(=O)OC(C)(C)C)CCN1CCc1ccc2c(c1)n(C)c(=O)n2C1CCC(=O)NC1=O. The fourth-order valence-corrected chi connectivity index (χ4v) is 4.89. The van der Waals surface area contributed by atoms with Gasteiger partial charge < -0.3 is 9.64 Å². The number of nitrogens with one attached hydrogen (secondary N) is 1. The molecule has 35 heavy (non-hydrogen) atoms. The lowest BCUT2D eigenvalue weighted by atomic mass is 10.1.